The van der Waals surface area contributed by atoms with Crippen LogP contribution < -0.4 is 4.90 Å². The molecule has 4 heteroatoms. The van der Waals surface area contributed by atoms with Gasteiger partial charge in [0.05, 0.1) is 11.4 Å². The Kier molecular flexibility index (Phi) is 3.42. The molecule has 0 aromatic carbocycles. The summed E-state index contributed by atoms with van der Waals surface area (Å²) in [4.78, 5) is 13.9. The van der Waals surface area contributed by atoms with Crippen molar-refractivity contribution < 1.29 is 0 Å². The van der Waals surface area contributed by atoms with E-state index in [4.69, 9.17) is 0 Å². The van der Waals surface area contributed by atoms with Gasteiger partial charge in [0, 0.05) is 32.7 Å². The molecule has 1 aliphatic carbocycles. The van der Waals surface area contributed by atoms with Crippen LogP contribution in [0.5, 0.6) is 0 Å². The van der Waals surface area contributed by atoms with E-state index >= 15 is 0 Å². The monoisotopic (exact) mass is 254 g/mol. The molecule has 19 heavy (non-hydrogen) atoms. The van der Waals surface area contributed by atoms with E-state index in [1.165, 1.54) is 0 Å². The minimum Gasteiger partial charge on any atom is -0.338 e. The van der Waals surface area contributed by atoms with Gasteiger partial charge in [-0.1, -0.05) is 24.3 Å². The largest absolute Gasteiger partial charge is 0.338 e. The van der Waals surface area contributed by atoms with Crippen LogP contribution >= 0.6 is 0 Å². The number of fused-ring (bicyclic) bond motifs is 1. The van der Waals surface area contributed by atoms with Gasteiger partial charge in [-0.15, -0.1) is 6.58 Å². The first-order valence-electron chi connectivity index (χ1n) is 6.68. The third-order valence-electron chi connectivity index (χ3n) is 3.48. The van der Waals surface area contributed by atoms with Crippen molar-refractivity contribution in [2.24, 2.45) is 0 Å². The standard InChI is InChI=1S/C15H18N4/c1-2-8-18-9-11-19(12-10-18)15-16-13-6-4-3-5-7-14(13)17-15/h2-7H,1,8-12H2. The highest BCUT2D eigenvalue weighted by Gasteiger charge is 2.20. The Bertz CT molecular complexity index is 501. The van der Waals surface area contributed by atoms with Crippen LogP contribution in [0.3, 0.4) is 0 Å². The van der Waals surface area contributed by atoms with Gasteiger partial charge in [0.15, 0.2) is 0 Å². The van der Waals surface area contributed by atoms with E-state index < -0.39 is 0 Å². The van der Waals surface area contributed by atoms with E-state index in [0.717, 1.165) is 50.1 Å². The fourth-order valence-electron chi connectivity index (χ4n) is 2.41. The number of hydrogen-bond acceptors (Lipinski definition) is 4. The molecule has 0 atom stereocenters. The summed E-state index contributed by atoms with van der Waals surface area (Å²) >= 11 is 0. The molecule has 2 aliphatic heterocycles. The molecule has 2 heterocycles. The van der Waals surface area contributed by atoms with Gasteiger partial charge in [-0.3, -0.25) is 4.90 Å². The number of hydrogen-bond donors (Lipinski definition) is 0. The maximum Gasteiger partial charge on any atom is 0.226 e. The highest BCUT2D eigenvalue weighted by atomic mass is 15.3. The summed E-state index contributed by atoms with van der Waals surface area (Å²) in [5.41, 5.74) is 1.93. The maximum absolute atomic E-state index is 4.62. The van der Waals surface area contributed by atoms with Crippen molar-refractivity contribution in [2.75, 3.05) is 37.6 Å². The molecule has 0 aromatic rings. The molecule has 0 aromatic heterocycles. The molecule has 0 radical (unpaired) electrons. The lowest BCUT2D eigenvalue weighted by molar-refractivity contribution is 0.283. The first kappa shape index (κ1) is 12.1. The van der Waals surface area contributed by atoms with Crippen molar-refractivity contribution in [1.82, 2.24) is 14.9 Å². The minimum absolute atomic E-state index is 0.861. The quantitative estimate of drug-likeness (QED) is 0.783. The molecular formula is C15H18N4. The van der Waals surface area contributed by atoms with Crippen LogP contribution in [0.1, 0.15) is 0 Å². The molecule has 0 bridgehead atoms. The summed E-state index contributed by atoms with van der Waals surface area (Å²) in [6, 6.07) is 10.0. The zero-order chi connectivity index (χ0) is 13.1. The molecule has 0 spiro atoms. The highest BCUT2D eigenvalue weighted by Crippen LogP contribution is 2.22. The van der Waals surface area contributed by atoms with E-state index in [-0.39, 0.29) is 0 Å². The Morgan fingerprint density at radius 2 is 1.63 bits per heavy atom. The molecule has 0 saturated carbocycles. The lowest BCUT2D eigenvalue weighted by Crippen LogP contribution is -2.46. The molecule has 98 valence electrons. The van der Waals surface area contributed by atoms with Gasteiger partial charge >= 0.3 is 0 Å². The van der Waals surface area contributed by atoms with E-state index in [0.29, 0.717) is 0 Å². The fourth-order valence-corrected chi connectivity index (χ4v) is 2.41. The smallest absolute Gasteiger partial charge is 0.226 e. The van der Waals surface area contributed by atoms with Crippen molar-refractivity contribution >= 4 is 5.95 Å². The number of aromatic nitrogens is 2. The molecule has 4 nitrogen and oxygen atoms in total. The zero-order valence-corrected chi connectivity index (χ0v) is 11.0. The minimum atomic E-state index is 0.861. The van der Waals surface area contributed by atoms with Crippen LogP contribution in [0.4, 0.5) is 5.95 Å². The molecule has 0 unspecified atom stereocenters. The second-order valence-electron chi connectivity index (χ2n) is 4.78. The van der Waals surface area contributed by atoms with Gasteiger partial charge in [-0.05, 0) is 12.1 Å². The summed E-state index contributed by atoms with van der Waals surface area (Å²) in [7, 11) is 0. The van der Waals surface area contributed by atoms with Crippen molar-refractivity contribution in [3.8, 4) is 11.4 Å². The first-order chi connectivity index (χ1) is 9.36. The summed E-state index contributed by atoms with van der Waals surface area (Å²) in [5.74, 6) is 0.861. The number of anilines is 1. The van der Waals surface area contributed by atoms with Crippen LogP contribution in [0, 0.1) is 0 Å². The number of piperazine rings is 1. The van der Waals surface area contributed by atoms with Crippen molar-refractivity contribution in [3.63, 3.8) is 0 Å². The lowest BCUT2D eigenvalue weighted by atomic mass is 10.3. The van der Waals surface area contributed by atoms with E-state index in [9.17, 15) is 0 Å². The van der Waals surface area contributed by atoms with Gasteiger partial charge in [0.25, 0.3) is 0 Å². The van der Waals surface area contributed by atoms with Crippen LogP contribution in [-0.4, -0.2) is 47.6 Å². The summed E-state index contributed by atoms with van der Waals surface area (Å²) in [6.45, 7) is 8.81. The number of nitrogens with zero attached hydrogens (tertiary/aromatic N) is 4. The van der Waals surface area contributed by atoms with E-state index in [2.05, 4.69) is 26.3 Å². The summed E-state index contributed by atoms with van der Waals surface area (Å²) in [5, 5.41) is 0. The van der Waals surface area contributed by atoms with E-state index in [1.807, 2.05) is 36.4 Å². The molecule has 1 fully saturated rings. The molecule has 3 aliphatic rings. The second kappa shape index (κ2) is 5.36. The Hall–Kier alpha value is -1.94. The Labute approximate surface area is 113 Å². The van der Waals surface area contributed by atoms with Crippen molar-refractivity contribution in [3.05, 3.63) is 43.0 Å². The van der Waals surface area contributed by atoms with E-state index in [1.54, 1.807) is 0 Å². The highest BCUT2D eigenvalue weighted by molar-refractivity contribution is 5.60. The number of imidazole rings is 1. The second-order valence-corrected chi connectivity index (χ2v) is 4.78. The van der Waals surface area contributed by atoms with Gasteiger partial charge in [0.2, 0.25) is 5.95 Å². The predicted octanol–water partition coefficient (Wildman–Crippen LogP) is 1.89. The Morgan fingerprint density at radius 3 is 2.21 bits per heavy atom. The van der Waals surface area contributed by atoms with Crippen LogP contribution in [0.15, 0.2) is 43.0 Å². The molecule has 0 amide bonds. The van der Waals surface area contributed by atoms with Crippen molar-refractivity contribution in [1.29, 1.82) is 0 Å². The van der Waals surface area contributed by atoms with Crippen molar-refractivity contribution in [2.45, 2.75) is 0 Å². The third kappa shape index (κ3) is 2.58. The zero-order valence-electron chi connectivity index (χ0n) is 11.0. The maximum atomic E-state index is 4.62. The van der Waals surface area contributed by atoms with Gasteiger partial charge < -0.3 is 4.90 Å². The van der Waals surface area contributed by atoms with Gasteiger partial charge in [0.1, 0.15) is 0 Å². The van der Waals surface area contributed by atoms with Crippen LogP contribution in [0.25, 0.3) is 11.4 Å². The van der Waals surface area contributed by atoms with Crippen LogP contribution in [-0.2, 0) is 0 Å². The van der Waals surface area contributed by atoms with Gasteiger partial charge in [-0.25, -0.2) is 9.97 Å². The fraction of sp³-hybridized carbons (Fsp3) is 0.333. The molecule has 1 saturated heterocycles. The predicted molar refractivity (Wildman–Crippen MR) is 77.5 cm³/mol. The Morgan fingerprint density at radius 1 is 1.00 bits per heavy atom. The summed E-state index contributed by atoms with van der Waals surface area (Å²) in [6.07, 6.45) is 1.96. The van der Waals surface area contributed by atoms with Gasteiger partial charge in [-0.2, -0.15) is 0 Å². The lowest BCUT2D eigenvalue weighted by Gasteiger charge is -2.33. The Balaban J connectivity index is 1.75. The van der Waals surface area contributed by atoms with Crippen LogP contribution in [0.2, 0.25) is 0 Å². The molecule has 3 rings (SSSR count). The first-order valence-corrected chi connectivity index (χ1v) is 6.68. The SMILES string of the molecule is C=CCN1CCN(c2nc3cccccc-3n2)CC1. The molecule has 0 N–H and O–H groups in total. The average molecular weight is 254 g/mol. The average Bonchev–Trinajstić information content (AvgIpc) is 2.71. The number of rotatable bonds is 3. The molecular weight excluding hydrogens is 236 g/mol. The topological polar surface area (TPSA) is 32.3 Å². The summed E-state index contributed by atoms with van der Waals surface area (Å²) < 4.78 is 0. The third-order valence-corrected chi connectivity index (χ3v) is 3.48. The normalized spacial score (nSPS) is 16.7.